The molecule has 0 atom stereocenters. The zero-order valence-corrected chi connectivity index (χ0v) is 7.29. The monoisotopic (exact) mass is 150 g/mol. The summed E-state index contributed by atoms with van der Waals surface area (Å²) in [5.41, 5.74) is 0.783. The van der Waals surface area contributed by atoms with Crippen molar-refractivity contribution in [2.24, 2.45) is 0 Å². The van der Waals surface area contributed by atoms with Crippen LogP contribution in [0.5, 0.6) is 0 Å². The van der Waals surface area contributed by atoms with Gasteiger partial charge in [0.2, 0.25) is 0 Å². The maximum Gasteiger partial charge on any atom is 0.155 e. The normalized spacial score (nSPS) is 13.2. The Morgan fingerprint density at radius 2 is 1.73 bits per heavy atom. The molecular formula is C10H14O. The van der Waals surface area contributed by atoms with Crippen LogP contribution in [-0.2, 0) is 4.79 Å². The van der Waals surface area contributed by atoms with Gasteiger partial charge in [-0.1, -0.05) is 30.4 Å². The van der Waals surface area contributed by atoms with Crippen LogP contribution in [0.1, 0.15) is 20.8 Å². The Hall–Kier alpha value is -1.11. The summed E-state index contributed by atoms with van der Waals surface area (Å²) in [5, 5.41) is 0. The minimum Gasteiger partial charge on any atom is -0.295 e. The van der Waals surface area contributed by atoms with Crippen LogP contribution in [0, 0.1) is 0 Å². The number of hydrogen-bond donors (Lipinski definition) is 0. The number of allylic oxidation sites excluding steroid dienone is 6. The lowest BCUT2D eigenvalue weighted by molar-refractivity contribution is -0.113. The van der Waals surface area contributed by atoms with Crippen molar-refractivity contribution in [1.82, 2.24) is 0 Å². The van der Waals surface area contributed by atoms with E-state index in [-0.39, 0.29) is 5.78 Å². The van der Waals surface area contributed by atoms with Gasteiger partial charge in [-0.05, 0) is 26.3 Å². The fourth-order valence-corrected chi connectivity index (χ4v) is 0.493. The van der Waals surface area contributed by atoms with E-state index in [2.05, 4.69) is 0 Å². The summed E-state index contributed by atoms with van der Waals surface area (Å²) >= 11 is 0. The molecule has 0 aliphatic heterocycles. The minimum atomic E-state index is 0.120. The molecule has 1 heteroatoms. The lowest BCUT2D eigenvalue weighted by atomic mass is 10.2. The summed E-state index contributed by atoms with van der Waals surface area (Å²) in [6, 6.07) is 0. The molecule has 0 saturated heterocycles. The van der Waals surface area contributed by atoms with Gasteiger partial charge in [-0.3, -0.25) is 4.79 Å². The van der Waals surface area contributed by atoms with Gasteiger partial charge < -0.3 is 0 Å². The molecule has 1 nitrogen and oxygen atoms in total. The van der Waals surface area contributed by atoms with Gasteiger partial charge in [-0.25, -0.2) is 0 Å². The van der Waals surface area contributed by atoms with Crippen molar-refractivity contribution in [3.8, 4) is 0 Å². The van der Waals surface area contributed by atoms with Crippen molar-refractivity contribution >= 4 is 5.78 Å². The first-order valence-corrected chi connectivity index (χ1v) is 3.65. The third kappa shape index (κ3) is 5.34. The second-order valence-electron chi connectivity index (χ2n) is 2.32. The molecule has 0 saturated carbocycles. The summed E-state index contributed by atoms with van der Waals surface area (Å²) in [4.78, 5) is 10.7. The fourth-order valence-electron chi connectivity index (χ4n) is 0.493. The van der Waals surface area contributed by atoms with Crippen LogP contribution in [0.15, 0.2) is 36.0 Å². The highest BCUT2D eigenvalue weighted by molar-refractivity contribution is 5.92. The first-order chi connectivity index (χ1) is 5.18. The van der Waals surface area contributed by atoms with Gasteiger partial charge >= 0.3 is 0 Å². The number of ketones is 1. The Morgan fingerprint density at radius 1 is 1.09 bits per heavy atom. The molecule has 0 N–H and O–H groups in total. The zero-order chi connectivity index (χ0) is 8.69. The molecule has 60 valence electrons. The molecule has 0 heterocycles. The second-order valence-corrected chi connectivity index (χ2v) is 2.32. The van der Waals surface area contributed by atoms with E-state index in [4.69, 9.17) is 0 Å². The molecule has 0 unspecified atom stereocenters. The van der Waals surface area contributed by atoms with Crippen LogP contribution >= 0.6 is 0 Å². The topological polar surface area (TPSA) is 17.1 Å². The van der Waals surface area contributed by atoms with Gasteiger partial charge in [0.1, 0.15) is 0 Å². The predicted molar refractivity (Wildman–Crippen MR) is 48.4 cm³/mol. The lowest BCUT2D eigenvalue weighted by Crippen LogP contribution is -1.89. The van der Waals surface area contributed by atoms with Crippen LogP contribution in [0.3, 0.4) is 0 Å². The molecule has 0 fully saturated rings. The van der Waals surface area contributed by atoms with Crippen LogP contribution in [0.4, 0.5) is 0 Å². The molecule has 0 amide bonds. The van der Waals surface area contributed by atoms with Gasteiger partial charge in [-0.2, -0.15) is 0 Å². The molecule has 0 radical (unpaired) electrons. The number of hydrogen-bond acceptors (Lipinski definition) is 1. The quantitative estimate of drug-likeness (QED) is 0.446. The summed E-state index contributed by atoms with van der Waals surface area (Å²) < 4.78 is 0. The maximum atomic E-state index is 10.7. The Morgan fingerprint density at radius 3 is 2.18 bits per heavy atom. The van der Waals surface area contributed by atoms with Crippen molar-refractivity contribution in [3.05, 3.63) is 36.0 Å². The van der Waals surface area contributed by atoms with Gasteiger partial charge in [0.25, 0.3) is 0 Å². The molecule has 0 aliphatic carbocycles. The molecule has 0 aromatic carbocycles. The van der Waals surface area contributed by atoms with E-state index < -0.39 is 0 Å². The third-order valence-corrected chi connectivity index (χ3v) is 1.32. The van der Waals surface area contributed by atoms with Crippen molar-refractivity contribution in [2.75, 3.05) is 0 Å². The first kappa shape index (κ1) is 9.89. The highest BCUT2D eigenvalue weighted by Gasteiger charge is 1.90. The van der Waals surface area contributed by atoms with E-state index in [1.165, 1.54) is 0 Å². The van der Waals surface area contributed by atoms with Crippen molar-refractivity contribution in [2.45, 2.75) is 20.8 Å². The second kappa shape index (κ2) is 5.66. The predicted octanol–water partition coefficient (Wildman–Crippen LogP) is 2.65. The number of carbonyl (C=O) groups excluding carboxylic acids is 1. The summed E-state index contributed by atoms with van der Waals surface area (Å²) in [7, 11) is 0. The standard InChI is InChI=1S/C10H14O/c1-4-5-6-7-8-9(2)10(3)11/h4-8H,1-3H3/b5-4?,7-6?,9-8+. The average Bonchev–Trinajstić information content (AvgIpc) is 1.97. The van der Waals surface area contributed by atoms with Crippen LogP contribution in [0.25, 0.3) is 0 Å². The molecule has 0 bridgehead atoms. The van der Waals surface area contributed by atoms with Crippen molar-refractivity contribution < 1.29 is 4.79 Å². The van der Waals surface area contributed by atoms with Crippen LogP contribution in [0.2, 0.25) is 0 Å². The van der Waals surface area contributed by atoms with Crippen molar-refractivity contribution in [3.63, 3.8) is 0 Å². The van der Waals surface area contributed by atoms with Crippen molar-refractivity contribution in [1.29, 1.82) is 0 Å². The third-order valence-electron chi connectivity index (χ3n) is 1.32. The minimum absolute atomic E-state index is 0.120. The molecule has 0 rings (SSSR count). The van der Waals surface area contributed by atoms with E-state index in [0.717, 1.165) is 5.57 Å². The first-order valence-electron chi connectivity index (χ1n) is 3.65. The molecule has 0 aromatic rings. The number of rotatable bonds is 3. The number of Topliss-reactive ketones (excluding diaryl/α,β-unsaturated/α-hetero) is 1. The largest absolute Gasteiger partial charge is 0.295 e. The highest BCUT2D eigenvalue weighted by Crippen LogP contribution is 1.93. The van der Waals surface area contributed by atoms with Crippen LogP contribution in [-0.4, -0.2) is 5.78 Å². The highest BCUT2D eigenvalue weighted by atomic mass is 16.1. The zero-order valence-electron chi connectivity index (χ0n) is 7.29. The smallest absolute Gasteiger partial charge is 0.155 e. The average molecular weight is 150 g/mol. The summed E-state index contributed by atoms with van der Waals surface area (Å²) in [6.07, 6.45) is 9.42. The molecule has 0 aromatic heterocycles. The van der Waals surface area contributed by atoms with E-state index in [1.54, 1.807) is 6.92 Å². The Labute approximate surface area is 68.1 Å². The Bertz CT molecular complexity index is 207. The van der Waals surface area contributed by atoms with E-state index in [9.17, 15) is 4.79 Å². The molecule has 0 aliphatic rings. The fraction of sp³-hybridized carbons (Fsp3) is 0.300. The van der Waals surface area contributed by atoms with E-state index in [0.29, 0.717) is 0 Å². The summed E-state index contributed by atoms with van der Waals surface area (Å²) in [5.74, 6) is 0.120. The molecule has 0 spiro atoms. The Balaban J connectivity index is 4.01. The maximum absolute atomic E-state index is 10.7. The molecular weight excluding hydrogens is 136 g/mol. The van der Waals surface area contributed by atoms with Crippen LogP contribution < -0.4 is 0 Å². The van der Waals surface area contributed by atoms with E-state index in [1.807, 2.05) is 44.2 Å². The van der Waals surface area contributed by atoms with Gasteiger partial charge in [0.15, 0.2) is 5.78 Å². The van der Waals surface area contributed by atoms with Gasteiger partial charge in [0.05, 0.1) is 0 Å². The SMILES string of the molecule is CC=CC=C/C=C(\C)C(C)=O. The Kier molecular flexibility index (Phi) is 5.09. The van der Waals surface area contributed by atoms with E-state index >= 15 is 0 Å². The lowest BCUT2D eigenvalue weighted by Gasteiger charge is -1.87. The van der Waals surface area contributed by atoms with Gasteiger partial charge in [-0.15, -0.1) is 0 Å². The summed E-state index contributed by atoms with van der Waals surface area (Å²) in [6.45, 7) is 5.32. The van der Waals surface area contributed by atoms with Gasteiger partial charge in [0, 0.05) is 0 Å². The molecule has 11 heavy (non-hydrogen) atoms. The number of carbonyl (C=O) groups is 1.